The minimum absolute atomic E-state index is 0.0851. The molecule has 10 rings (SSSR count). The predicted octanol–water partition coefficient (Wildman–Crippen LogP) is 13.3. The number of rotatable bonds is 7. The standard InChI is InChI=1S/C55H47N/c1-55(2)52-21-9-8-19-46(52)47-30-29-43(35-53(47)55)50(40-17-12-16-38(26-27-40)44-15-10-11-32-56-36-44)33-37-22-24-39(25-23-37)42-28-31-49-51(34-42)45-18-6-7-20-48(45)54(49)41-13-4-3-5-14-41/h3-7,9,12-13,15,18,20-31,34-36,40-41,50,54H,10-11,14,17,32-33H2,1-2H3. The molecule has 0 saturated heterocycles. The van der Waals surface area contributed by atoms with Gasteiger partial charge in [0, 0.05) is 40.8 Å². The third-order valence-corrected chi connectivity index (χ3v) is 13.1. The number of fused-ring (bicyclic) bond motifs is 6. The molecule has 4 unspecified atom stereocenters. The van der Waals surface area contributed by atoms with Crippen LogP contribution in [0.25, 0.3) is 33.4 Å². The molecule has 4 atom stereocenters. The van der Waals surface area contributed by atoms with Crippen LogP contribution in [0.2, 0.25) is 0 Å². The van der Waals surface area contributed by atoms with Crippen molar-refractivity contribution in [3.63, 3.8) is 0 Å². The molecule has 0 N–H and O–H groups in total. The van der Waals surface area contributed by atoms with E-state index in [2.05, 4.69) is 176 Å². The number of benzene rings is 4. The number of allylic oxidation sites excluding steroid dienone is 9. The van der Waals surface area contributed by atoms with Crippen molar-refractivity contribution in [3.05, 3.63) is 208 Å². The summed E-state index contributed by atoms with van der Waals surface area (Å²) in [6.45, 7) is 5.62. The van der Waals surface area contributed by atoms with E-state index in [-0.39, 0.29) is 5.41 Å². The second-order valence-corrected chi connectivity index (χ2v) is 16.8. The second kappa shape index (κ2) is 14.3. The van der Waals surface area contributed by atoms with Gasteiger partial charge in [-0.25, -0.2) is 0 Å². The van der Waals surface area contributed by atoms with E-state index >= 15 is 0 Å². The Morgan fingerprint density at radius 3 is 2.57 bits per heavy atom. The third-order valence-electron chi connectivity index (χ3n) is 13.1. The highest BCUT2D eigenvalue weighted by Gasteiger charge is 2.37. The molecule has 1 heteroatoms. The zero-order valence-corrected chi connectivity index (χ0v) is 32.4. The molecule has 0 spiro atoms. The van der Waals surface area contributed by atoms with Crippen molar-refractivity contribution in [2.24, 2.45) is 16.8 Å². The van der Waals surface area contributed by atoms with Crippen molar-refractivity contribution in [2.75, 3.05) is 6.54 Å². The summed E-state index contributed by atoms with van der Waals surface area (Å²) in [7, 11) is 0. The second-order valence-electron chi connectivity index (χ2n) is 16.8. The summed E-state index contributed by atoms with van der Waals surface area (Å²) in [5.74, 6) is 1.52. The lowest BCUT2D eigenvalue weighted by Gasteiger charge is -2.27. The molecule has 56 heavy (non-hydrogen) atoms. The first-order chi connectivity index (χ1) is 27.5. The highest BCUT2D eigenvalue weighted by Crippen LogP contribution is 2.51. The lowest BCUT2D eigenvalue weighted by Crippen LogP contribution is -2.17. The van der Waals surface area contributed by atoms with Crippen LogP contribution < -0.4 is 0 Å². The zero-order valence-electron chi connectivity index (χ0n) is 32.4. The average molecular weight is 722 g/mol. The Kier molecular flexibility index (Phi) is 8.82. The molecule has 5 aromatic rings. The molecular formula is C55H47N. The summed E-state index contributed by atoms with van der Waals surface area (Å²) in [6.07, 6.45) is 25.7. The highest BCUT2D eigenvalue weighted by atomic mass is 14.7. The van der Waals surface area contributed by atoms with E-state index in [0.29, 0.717) is 23.7 Å². The number of aliphatic imine (C=N–C) groups is 1. The molecule has 0 amide bonds. The Balaban J connectivity index is 0.973. The Bertz CT molecular complexity index is 2560. The van der Waals surface area contributed by atoms with Crippen molar-refractivity contribution >= 4 is 6.21 Å². The molecule has 1 heterocycles. The first-order valence-electron chi connectivity index (χ1n) is 20.6. The predicted molar refractivity (Wildman–Crippen MR) is 233 cm³/mol. The molecule has 0 bridgehead atoms. The Hall–Kier alpha value is -5.93. The Labute approximate surface area is 333 Å². The Morgan fingerprint density at radius 2 is 1.68 bits per heavy atom. The topological polar surface area (TPSA) is 12.4 Å². The van der Waals surface area contributed by atoms with Gasteiger partial charge in [-0.3, -0.25) is 4.99 Å². The van der Waals surface area contributed by atoms with E-state index in [0.717, 1.165) is 44.2 Å². The van der Waals surface area contributed by atoms with Gasteiger partial charge in [0.2, 0.25) is 0 Å². The van der Waals surface area contributed by atoms with Gasteiger partial charge in [-0.15, -0.1) is 5.73 Å². The van der Waals surface area contributed by atoms with Gasteiger partial charge in [-0.2, -0.15) is 0 Å². The van der Waals surface area contributed by atoms with E-state index in [1.54, 1.807) is 0 Å². The van der Waals surface area contributed by atoms with Crippen LogP contribution in [0.1, 0.15) is 84.7 Å². The number of hydrogen-bond donors (Lipinski definition) is 0. The van der Waals surface area contributed by atoms with Gasteiger partial charge in [-0.05, 0) is 135 Å². The van der Waals surface area contributed by atoms with E-state index in [1.807, 2.05) is 12.3 Å². The van der Waals surface area contributed by atoms with Gasteiger partial charge in [0.15, 0.2) is 0 Å². The van der Waals surface area contributed by atoms with Crippen LogP contribution in [0.15, 0.2) is 168 Å². The molecule has 4 aliphatic carbocycles. The summed E-state index contributed by atoms with van der Waals surface area (Å²) >= 11 is 0. The molecule has 5 aliphatic rings. The zero-order chi connectivity index (χ0) is 37.6. The van der Waals surface area contributed by atoms with Gasteiger partial charge >= 0.3 is 0 Å². The SMILES string of the molecule is CC1(C)c2ccc#cc2-c2ccc(C(Cc3ccc(-c4ccc5c(c4)-c4ccccc4C5C4C=CC=CC4)cc3)C3C=CC(C4=CCCCN=C4)=C=CC3)cc21. The van der Waals surface area contributed by atoms with Crippen molar-refractivity contribution < 1.29 is 0 Å². The van der Waals surface area contributed by atoms with Crippen LogP contribution in [0, 0.1) is 24.0 Å². The van der Waals surface area contributed by atoms with Crippen molar-refractivity contribution in [1.82, 2.24) is 0 Å². The molecule has 1 aliphatic heterocycles. The van der Waals surface area contributed by atoms with Crippen molar-refractivity contribution in [2.45, 2.75) is 63.2 Å². The fourth-order valence-electron chi connectivity index (χ4n) is 10.1. The van der Waals surface area contributed by atoms with Gasteiger partial charge in [0.25, 0.3) is 0 Å². The van der Waals surface area contributed by atoms with Crippen LogP contribution in [0.5, 0.6) is 0 Å². The van der Waals surface area contributed by atoms with E-state index in [9.17, 15) is 0 Å². The van der Waals surface area contributed by atoms with E-state index in [4.69, 9.17) is 0 Å². The maximum Gasteiger partial charge on any atom is 0.0392 e. The molecule has 1 nitrogen and oxygen atoms in total. The minimum atomic E-state index is -0.0851. The van der Waals surface area contributed by atoms with Gasteiger partial charge in [-0.1, -0.05) is 147 Å². The molecular weight excluding hydrogens is 675 g/mol. The molecule has 0 aromatic heterocycles. The lowest BCUT2D eigenvalue weighted by atomic mass is 9.76. The normalized spacial score (nSPS) is 21.5. The van der Waals surface area contributed by atoms with Gasteiger partial charge in [0.1, 0.15) is 0 Å². The van der Waals surface area contributed by atoms with Crippen LogP contribution in [-0.2, 0) is 11.8 Å². The average Bonchev–Trinajstić information content (AvgIpc) is 3.41. The van der Waals surface area contributed by atoms with Crippen LogP contribution in [0.4, 0.5) is 0 Å². The fraction of sp³-hybridized carbons (Fsp3) is 0.236. The van der Waals surface area contributed by atoms with E-state index in [1.165, 1.54) is 72.3 Å². The molecule has 272 valence electrons. The first kappa shape index (κ1) is 34.6. The summed E-state index contributed by atoms with van der Waals surface area (Å²) < 4.78 is 0. The quantitative estimate of drug-likeness (QED) is 0.148. The summed E-state index contributed by atoms with van der Waals surface area (Å²) in [4.78, 5) is 4.65. The largest absolute Gasteiger partial charge is 0.293 e. The molecule has 0 radical (unpaired) electrons. The van der Waals surface area contributed by atoms with Gasteiger partial charge in [0.05, 0.1) is 0 Å². The van der Waals surface area contributed by atoms with Gasteiger partial charge < -0.3 is 0 Å². The molecule has 0 fully saturated rings. The molecule has 0 saturated carbocycles. The van der Waals surface area contributed by atoms with E-state index < -0.39 is 0 Å². The highest BCUT2D eigenvalue weighted by molar-refractivity contribution is 5.86. The van der Waals surface area contributed by atoms with Crippen LogP contribution >= 0.6 is 0 Å². The third kappa shape index (κ3) is 6.11. The first-order valence-corrected chi connectivity index (χ1v) is 20.6. The number of nitrogens with zero attached hydrogens (tertiary/aromatic N) is 1. The lowest BCUT2D eigenvalue weighted by molar-refractivity contribution is 0.507. The smallest absolute Gasteiger partial charge is 0.0392 e. The van der Waals surface area contributed by atoms with Crippen LogP contribution in [0.3, 0.4) is 0 Å². The van der Waals surface area contributed by atoms with Crippen molar-refractivity contribution in [3.8, 4) is 33.4 Å². The Morgan fingerprint density at radius 1 is 0.804 bits per heavy atom. The maximum atomic E-state index is 4.65. The van der Waals surface area contributed by atoms with Crippen molar-refractivity contribution in [1.29, 1.82) is 0 Å². The van der Waals surface area contributed by atoms with Crippen LogP contribution in [-0.4, -0.2) is 12.8 Å². The summed E-state index contributed by atoms with van der Waals surface area (Å²) in [5.41, 5.74) is 22.1. The summed E-state index contributed by atoms with van der Waals surface area (Å²) in [6, 6.07) is 43.8. The summed E-state index contributed by atoms with van der Waals surface area (Å²) in [5, 5.41) is 0. The number of hydrogen-bond acceptors (Lipinski definition) is 1. The maximum absolute atomic E-state index is 4.65. The minimum Gasteiger partial charge on any atom is -0.293 e. The fourth-order valence-corrected chi connectivity index (χ4v) is 10.1. The monoisotopic (exact) mass is 721 g/mol. The molecule has 5 aromatic carbocycles.